The molecule has 1 amide bonds. The molecule has 1 saturated heterocycles. The first-order chi connectivity index (χ1) is 12.8. The first-order valence-electron chi connectivity index (χ1n) is 9.24. The lowest BCUT2D eigenvalue weighted by Crippen LogP contribution is -2.42. The summed E-state index contributed by atoms with van der Waals surface area (Å²) in [6.45, 7) is 9.82. The van der Waals surface area contributed by atoms with Gasteiger partial charge in [-0.2, -0.15) is 0 Å². The highest BCUT2D eigenvalue weighted by atomic mass is 32.1. The third kappa shape index (κ3) is 3.10. The van der Waals surface area contributed by atoms with Crippen LogP contribution in [0.1, 0.15) is 48.0 Å². The number of nitrogens with zero attached hydrogens (tertiary/aromatic N) is 2. The van der Waals surface area contributed by atoms with E-state index in [-0.39, 0.29) is 17.6 Å². The van der Waals surface area contributed by atoms with Crippen molar-refractivity contribution < 1.29 is 9.18 Å². The van der Waals surface area contributed by atoms with E-state index in [1.807, 2.05) is 20.8 Å². The molecule has 0 spiro atoms. The van der Waals surface area contributed by atoms with Crippen molar-refractivity contribution in [3.05, 3.63) is 28.0 Å². The molecule has 2 atom stereocenters. The average molecular weight is 390 g/mol. The number of fused-ring (bicyclic) bond motifs is 1. The number of piperidine rings is 1. The van der Waals surface area contributed by atoms with Crippen molar-refractivity contribution in [2.24, 2.45) is 5.92 Å². The maximum Gasteiger partial charge on any atom is 0.253 e. The van der Waals surface area contributed by atoms with Gasteiger partial charge in [-0.1, -0.05) is 6.92 Å². The topological polar surface area (TPSA) is 78.9 Å². The highest BCUT2D eigenvalue weighted by Gasteiger charge is 2.40. The Morgan fingerprint density at radius 2 is 2.19 bits per heavy atom. The van der Waals surface area contributed by atoms with Gasteiger partial charge in [-0.05, 0) is 51.8 Å². The summed E-state index contributed by atoms with van der Waals surface area (Å²) in [4.78, 5) is 22.6. The molecule has 0 aromatic carbocycles. The van der Waals surface area contributed by atoms with Gasteiger partial charge in [0.1, 0.15) is 5.69 Å². The fourth-order valence-corrected chi connectivity index (χ4v) is 5.20. The van der Waals surface area contributed by atoms with Crippen molar-refractivity contribution in [3.63, 3.8) is 0 Å². The lowest BCUT2D eigenvalue weighted by Gasteiger charge is -2.30. The van der Waals surface area contributed by atoms with Gasteiger partial charge >= 0.3 is 0 Å². The van der Waals surface area contributed by atoms with E-state index in [0.717, 1.165) is 30.0 Å². The Hall–Kier alpha value is -2.06. The van der Waals surface area contributed by atoms with Gasteiger partial charge in [-0.15, -0.1) is 11.3 Å². The Bertz CT molecular complexity index is 910. The second-order valence-corrected chi connectivity index (χ2v) is 8.97. The number of carbonyl (C=O) groups is 1. The quantitative estimate of drug-likeness (QED) is 0.752. The van der Waals surface area contributed by atoms with Crippen molar-refractivity contribution in [1.82, 2.24) is 20.6 Å². The fourth-order valence-electron chi connectivity index (χ4n) is 3.85. The summed E-state index contributed by atoms with van der Waals surface area (Å²) in [5.41, 5.74) is 1.24. The summed E-state index contributed by atoms with van der Waals surface area (Å²) in [7, 11) is 0. The number of hydrogen-bond acceptors (Lipinski definition) is 6. The monoisotopic (exact) mass is 389 g/mol. The molecule has 0 unspecified atom stereocenters. The van der Waals surface area contributed by atoms with E-state index in [1.165, 1.54) is 17.5 Å². The molecule has 6 nitrogen and oxygen atoms in total. The van der Waals surface area contributed by atoms with Gasteiger partial charge < -0.3 is 16.0 Å². The third-order valence-electron chi connectivity index (χ3n) is 5.43. The largest absolute Gasteiger partial charge is 0.351 e. The molecule has 4 heterocycles. The first kappa shape index (κ1) is 18.3. The van der Waals surface area contributed by atoms with Gasteiger partial charge in [0.15, 0.2) is 5.82 Å². The van der Waals surface area contributed by atoms with Crippen LogP contribution in [0, 0.1) is 18.7 Å². The maximum absolute atomic E-state index is 14.6. The van der Waals surface area contributed by atoms with Crippen molar-refractivity contribution in [2.45, 2.75) is 45.7 Å². The molecule has 3 N–H and O–H groups in total. The molecular formula is C19H24FN5OS. The zero-order valence-corrected chi connectivity index (χ0v) is 16.8. The van der Waals surface area contributed by atoms with Crippen LogP contribution in [0.5, 0.6) is 0 Å². The second-order valence-electron chi connectivity index (χ2n) is 7.95. The smallest absolute Gasteiger partial charge is 0.253 e. The average Bonchev–Trinajstić information content (AvgIpc) is 3.07. The van der Waals surface area contributed by atoms with Crippen LogP contribution < -0.4 is 16.0 Å². The summed E-state index contributed by atoms with van der Waals surface area (Å²) >= 11 is 1.43. The van der Waals surface area contributed by atoms with Crippen LogP contribution in [0.15, 0.2) is 6.20 Å². The van der Waals surface area contributed by atoms with Crippen molar-refractivity contribution in [1.29, 1.82) is 0 Å². The van der Waals surface area contributed by atoms with E-state index in [1.54, 1.807) is 0 Å². The second kappa shape index (κ2) is 6.53. The highest BCUT2D eigenvalue weighted by Crippen LogP contribution is 2.44. The van der Waals surface area contributed by atoms with Crippen molar-refractivity contribution >= 4 is 23.2 Å². The summed E-state index contributed by atoms with van der Waals surface area (Å²) in [6.07, 6.45) is 2.18. The maximum atomic E-state index is 14.6. The molecule has 2 aromatic rings. The lowest BCUT2D eigenvalue weighted by molar-refractivity contribution is 0.0940. The SMILES string of the molecule is Cc1c(-c2nc(N[C@H]3CCNC[C@H]3C)ncc2F)sc2c1C(=O)NC2(C)C. The van der Waals surface area contributed by atoms with E-state index < -0.39 is 11.4 Å². The van der Waals surface area contributed by atoms with E-state index in [0.29, 0.717) is 22.3 Å². The van der Waals surface area contributed by atoms with Gasteiger partial charge in [0.05, 0.1) is 22.2 Å². The summed E-state index contributed by atoms with van der Waals surface area (Å²) in [5, 5.41) is 9.69. The molecule has 0 saturated carbocycles. The lowest BCUT2D eigenvalue weighted by atomic mass is 9.95. The molecule has 0 aliphatic carbocycles. The number of thiophene rings is 1. The van der Waals surface area contributed by atoms with Crippen LogP contribution in [0.4, 0.5) is 10.3 Å². The minimum Gasteiger partial charge on any atom is -0.351 e. The Morgan fingerprint density at radius 1 is 1.41 bits per heavy atom. The van der Waals surface area contributed by atoms with Crippen LogP contribution in [0.25, 0.3) is 10.6 Å². The number of nitrogens with one attached hydrogen (secondary N) is 3. The highest BCUT2D eigenvalue weighted by molar-refractivity contribution is 7.16. The molecule has 2 aliphatic heterocycles. The molecule has 4 rings (SSSR count). The summed E-state index contributed by atoms with van der Waals surface area (Å²) < 4.78 is 14.6. The standard InChI is InChI=1S/C19H24FN5OS/c1-9-7-21-6-5-12(9)23-18-22-8-11(20)14(24-18)15-10(2)13-16(27-15)19(3,4)25-17(13)26/h8-9,12,21H,5-7H2,1-4H3,(H,25,26)(H,22,23,24)/t9-,12+/m1/s1. The van der Waals surface area contributed by atoms with Crippen molar-refractivity contribution in [2.75, 3.05) is 18.4 Å². The molecule has 1 fully saturated rings. The minimum absolute atomic E-state index is 0.105. The van der Waals surface area contributed by atoms with Crippen LogP contribution in [-0.4, -0.2) is 35.0 Å². The number of anilines is 1. The van der Waals surface area contributed by atoms with Crippen LogP contribution in [0.2, 0.25) is 0 Å². The Morgan fingerprint density at radius 3 is 2.89 bits per heavy atom. The van der Waals surface area contributed by atoms with Crippen LogP contribution in [-0.2, 0) is 5.54 Å². The molecule has 2 aromatic heterocycles. The van der Waals surface area contributed by atoms with Crippen LogP contribution in [0.3, 0.4) is 0 Å². The number of amides is 1. The molecule has 8 heteroatoms. The summed E-state index contributed by atoms with van der Waals surface area (Å²) in [6, 6.07) is 0.253. The van der Waals surface area contributed by atoms with E-state index in [9.17, 15) is 9.18 Å². The molecule has 144 valence electrons. The third-order valence-corrected chi connectivity index (χ3v) is 7.05. The number of aromatic nitrogens is 2. The number of halogens is 1. The molecular weight excluding hydrogens is 365 g/mol. The van der Waals surface area contributed by atoms with Gasteiger partial charge in [0.25, 0.3) is 5.91 Å². The van der Waals surface area contributed by atoms with E-state index in [2.05, 4.69) is 32.8 Å². The summed E-state index contributed by atoms with van der Waals surface area (Å²) in [5.74, 6) is 0.293. The molecule has 0 bridgehead atoms. The van der Waals surface area contributed by atoms with Crippen LogP contribution >= 0.6 is 11.3 Å². The Labute approximate surface area is 162 Å². The van der Waals surface area contributed by atoms with Gasteiger partial charge in [-0.3, -0.25) is 4.79 Å². The number of carbonyl (C=O) groups excluding carboxylic acids is 1. The van der Waals surface area contributed by atoms with Gasteiger partial charge in [0.2, 0.25) is 5.95 Å². The number of rotatable bonds is 3. The molecule has 0 radical (unpaired) electrons. The van der Waals surface area contributed by atoms with Crippen molar-refractivity contribution in [3.8, 4) is 10.6 Å². The predicted octanol–water partition coefficient (Wildman–Crippen LogP) is 3.04. The van der Waals surface area contributed by atoms with E-state index >= 15 is 0 Å². The Kier molecular flexibility index (Phi) is 4.43. The van der Waals surface area contributed by atoms with Gasteiger partial charge in [0, 0.05) is 10.9 Å². The van der Waals surface area contributed by atoms with E-state index in [4.69, 9.17) is 0 Å². The predicted molar refractivity (Wildman–Crippen MR) is 105 cm³/mol. The fraction of sp³-hybridized carbons (Fsp3) is 0.526. The zero-order chi connectivity index (χ0) is 19.3. The minimum atomic E-state index is -0.472. The molecule has 2 aliphatic rings. The van der Waals surface area contributed by atoms with Gasteiger partial charge in [-0.25, -0.2) is 14.4 Å². The normalized spacial score (nSPS) is 23.8. The first-order valence-corrected chi connectivity index (χ1v) is 10.1. The Balaban J connectivity index is 1.71. The number of hydrogen-bond donors (Lipinski definition) is 3. The molecule has 27 heavy (non-hydrogen) atoms. The zero-order valence-electron chi connectivity index (χ0n) is 15.9.